The molecule has 0 saturated heterocycles. The summed E-state index contributed by atoms with van der Waals surface area (Å²) in [6.07, 6.45) is 10.6. The van der Waals surface area contributed by atoms with Crippen LogP contribution in [0, 0.1) is 28.6 Å². The molecule has 160 valence electrons. The number of carbonyl (C=O) groups is 1. The third-order valence-corrected chi connectivity index (χ3v) is 10.6. The highest BCUT2D eigenvalue weighted by molar-refractivity contribution is 7.92. The van der Waals surface area contributed by atoms with E-state index in [1.807, 2.05) is 30.3 Å². The Hall–Kier alpha value is -1.52. The van der Waals surface area contributed by atoms with Crippen molar-refractivity contribution in [1.82, 2.24) is 0 Å². The number of benzene rings is 1. The second-order valence-electron chi connectivity index (χ2n) is 10.2. The molecule has 0 spiro atoms. The molecular formula is C26H32O3S. The summed E-state index contributed by atoms with van der Waals surface area (Å²) in [4.78, 5) is 14.3. The van der Waals surface area contributed by atoms with E-state index in [1.54, 1.807) is 7.11 Å². The first-order valence-corrected chi connectivity index (χ1v) is 12.5. The lowest BCUT2D eigenvalue weighted by atomic mass is 9.49. The summed E-state index contributed by atoms with van der Waals surface area (Å²) in [5.74, 6) is 2.79. The Labute approximate surface area is 183 Å². The van der Waals surface area contributed by atoms with Crippen LogP contribution < -0.4 is 0 Å². The molecule has 2 saturated carbocycles. The zero-order chi connectivity index (χ0) is 21.1. The summed E-state index contributed by atoms with van der Waals surface area (Å²) in [7, 11) is 1.77. The third-order valence-electron chi connectivity index (χ3n) is 8.94. The number of carbonyl (C=O) groups excluding carboxylic acids is 1. The van der Waals surface area contributed by atoms with E-state index in [-0.39, 0.29) is 21.9 Å². The molecule has 0 aliphatic heterocycles. The molecule has 3 nitrogen and oxygen atoms in total. The summed E-state index contributed by atoms with van der Waals surface area (Å²) < 4.78 is 18.9. The largest absolute Gasteiger partial charge is 0.611 e. The van der Waals surface area contributed by atoms with Crippen LogP contribution in [0.4, 0.5) is 0 Å². The third kappa shape index (κ3) is 2.86. The number of ether oxygens (including phenoxy) is 1. The smallest absolute Gasteiger partial charge is 0.191 e. The van der Waals surface area contributed by atoms with Gasteiger partial charge in [0.2, 0.25) is 0 Å². The summed E-state index contributed by atoms with van der Waals surface area (Å²) >= 11 is -1.26. The van der Waals surface area contributed by atoms with E-state index in [0.717, 1.165) is 49.2 Å². The molecule has 4 aliphatic rings. The van der Waals surface area contributed by atoms with E-state index in [2.05, 4.69) is 26.0 Å². The van der Waals surface area contributed by atoms with Gasteiger partial charge in [-0.2, -0.15) is 0 Å². The summed E-state index contributed by atoms with van der Waals surface area (Å²) in [5, 5.41) is -0.356. The van der Waals surface area contributed by atoms with Crippen molar-refractivity contribution in [1.29, 1.82) is 0 Å². The van der Waals surface area contributed by atoms with Gasteiger partial charge in [-0.25, -0.2) is 0 Å². The molecular weight excluding hydrogens is 392 g/mol. The number of fused-ring (bicyclic) bond motifs is 5. The molecule has 2 fully saturated rings. The number of allylic oxidation sites excluding steroid dienone is 4. The topological polar surface area (TPSA) is 49.4 Å². The maximum absolute atomic E-state index is 13.6. The Bertz CT molecular complexity index is 906. The van der Waals surface area contributed by atoms with Gasteiger partial charge in [-0.3, -0.25) is 4.79 Å². The van der Waals surface area contributed by atoms with Gasteiger partial charge in [0, 0.05) is 18.3 Å². The van der Waals surface area contributed by atoms with Crippen molar-refractivity contribution in [3.05, 3.63) is 53.8 Å². The molecule has 0 heterocycles. The standard InChI is InChI=1S/C26H32O3S/c1-25-13-11-18(29-3)15-17(25)9-10-20-21(25)12-14-26(2)22(20)16-23(24(26)27)30(28)19-7-5-4-6-8-19/h4-9,15,20-23H,10-14,16H2,1-3H3/t20-,21-,22+,23?,25+,26+,30?/m1/s1. The van der Waals surface area contributed by atoms with Crippen molar-refractivity contribution < 1.29 is 14.1 Å². The molecule has 0 aromatic heterocycles. The van der Waals surface area contributed by atoms with Crippen LogP contribution in [0.25, 0.3) is 0 Å². The fourth-order valence-corrected chi connectivity index (χ4v) is 8.73. The highest BCUT2D eigenvalue weighted by atomic mass is 32.2. The lowest BCUT2D eigenvalue weighted by Gasteiger charge is -2.55. The molecule has 30 heavy (non-hydrogen) atoms. The number of hydrogen-bond donors (Lipinski definition) is 0. The first-order valence-electron chi connectivity index (χ1n) is 11.3. The fourth-order valence-electron chi connectivity index (χ4n) is 7.13. The molecule has 1 aromatic rings. The van der Waals surface area contributed by atoms with Gasteiger partial charge < -0.3 is 9.29 Å². The van der Waals surface area contributed by atoms with E-state index in [0.29, 0.717) is 17.8 Å². The minimum absolute atomic E-state index is 0.173. The Kier molecular flexibility index (Phi) is 4.94. The monoisotopic (exact) mass is 424 g/mol. The van der Waals surface area contributed by atoms with Crippen molar-refractivity contribution in [2.75, 3.05) is 7.11 Å². The molecule has 2 unspecified atom stereocenters. The molecule has 0 radical (unpaired) electrons. The van der Waals surface area contributed by atoms with Crippen molar-refractivity contribution in [3.8, 4) is 0 Å². The van der Waals surface area contributed by atoms with E-state index >= 15 is 0 Å². The van der Waals surface area contributed by atoms with E-state index in [1.165, 1.54) is 5.57 Å². The van der Waals surface area contributed by atoms with E-state index in [9.17, 15) is 9.35 Å². The van der Waals surface area contributed by atoms with Crippen molar-refractivity contribution in [2.24, 2.45) is 28.6 Å². The SMILES string of the molecule is COC1=CC2=CC[C@@H]3[C@@H](CC[C@]4(C)C(=O)C([S+]([O-])c5ccccc5)C[C@@H]34)[C@@]2(C)CC1. The number of rotatable bonds is 3. The zero-order valence-electron chi connectivity index (χ0n) is 18.2. The average Bonchev–Trinajstić information content (AvgIpc) is 3.04. The lowest BCUT2D eigenvalue weighted by molar-refractivity contribution is -0.131. The lowest BCUT2D eigenvalue weighted by Crippen LogP contribution is -2.49. The minimum atomic E-state index is -1.26. The number of Topliss-reactive ketones (excluding diaryl/α,β-unsaturated/α-hetero) is 1. The van der Waals surface area contributed by atoms with Gasteiger partial charge in [-0.05, 0) is 83.8 Å². The van der Waals surface area contributed by atoms with E-state index < -0.39 is 11.2 Å². The first-order chi connectivity index (χ1) is 14.4. The van der Waals surface area contributed by atoms with Crippen molar-refractivity contribution >= 4 is 17.0 Å². The summed E-state index contributed by atoms with van der Waals surface area (Å²) in [6, 6.07) is 9.56. The zero-order valence-corrected chi connectivity index (χ0v) is 19.0. The van der Waals surface area contributed by atoms with Crippen LogP contribution in [0.3, 0.4) is 0 Å². The van der Waals surface area contributed by atoms with Crippen LogP contribution in [-0.2, 0) is 20.7 Å². The highest BCUT2D eigenvalue weighted by Crippen LogP contribution is 2.64. The summed E-state index contributed by atoms with van der Waals surface area (Å²) in [6.45, 7) is 4.60. The van der Waals surface area contributed by atoms with Crippen LogP contribution in [0.2, 0.25) is 0 Å². The Balaban J connectivity index is 1.46. The highest BCUT2D eigenvalue weighted by Gasteiger charge is 2.63. The van der Waals surface area contributed by atoms with Gasteiger partial charge in [0.25, 0.3) is 0 Å². The van der Waals surface area contributed by atoms with Crippen molar-refractivity contribution in [3.63, 3.8) is 0 Å². The quantitative estimate of drug-likeness (QED) is 0.607. The van der Waals surface area contributed by atoms with Gasteiger partial charge in [-0.15, -0.1) is 0 Å². The molecule has 4 aliphatic carbocycles. The van der Waals surface area contributed by atoms with Crippen LogP contribution >= 0.6 is 0 Å². The van der Waals surface area contributed by atoms with Gasteiger partial charge in [0.15, 0.2) is 15.9 Å². The van der Waals surface area contributed by atoms with Crippen LogP contribution in [0.15, 0.2) is 58.7 Å². The normalized spacial score (nSPS) is 41.1. The van der Waals surface area contributed by atoms with E-state index in [4.69, 9.17) is 4.74 Å². The number of ketones is 1. The van der Waals surface area contributed by atoms with Gasteiger partial charge >= 0.3 is 0 Å². The Morgan fingerprint density at radius 1 is 1.10 bits per heavy atom. The molecule has 1 aromatic carbocycles. The molecule has 0 amide bonds. The van der Waals surface area contributed by atoms with Crippen LogP contribution in [-0.4, -0.2) is 22.7 Å². The van der Waals surface area contributed by atoms with Crippen LogP contribution in [0.5, 0.6) is 0 Å². The summed E-state index contributed by atoms with van der Waals surface area (Å²) in [5.41, 5.74) is 1.29. The molecule has 4 heteroatoms. The number of hydrogen-bond acceptors (Lipinski definition) is 3. The predicted molar refractivity (Wildman–Crippen MR) is 119 cm³/mol. The maximum atomic E-state index is 13.6. The first kappa shape index (κ1) is 20.4. The molecule has 7 atom stereocenters. The second-order valence-corrected chi connectivity index (χ2v) is 11.8. The molecule has 0 bridgehead atoms. The van der Waals surface area contributed by atoms with Gasteiger partial charge in [0.1, 0.15) is 0 Å². The average molecular weight is 425 g/mol. The number of methoxy groups -OCH3 is 1. The second kappa shape index (κ2) is 7.27. The molecule has 5 rings (SSSR count). The van der Waals surface area contributed by atoms with Gasteiger partial charge in [-0.1, -0.05) is 38.1 Å². The minimum Gasteiger partial charge on any atom is -0.611 e. The predicted octanol–water partition coefficient (Wildman–Crippen LogP) is 5.44. The Morgan fingerprint density at radius 2 is 1.87 bits per heavy atom. The van der Waals surface area contributed by atoms with Crippen LogP contribution in [0.1, 0.15) is 52.4 Å². The van der Waals surface area contributed by atoms with Crippen molar-refractivity contribution in [2.45, 2.75) is 62.5 Å². The maximum Gasteiger partial charge on any atom is 0.191 e. The Morgan fingerprint density at radius 3 is 2.60 bits per heavy atom. The van der Waals surface area contributed by atoms with Gasteiger partial charge in [0.05, 0.1) is 12.9 Å². The molecule has 0 N–H and O–H groups in total. The fraction of sp³-hybridized carbons (Fsp3) is 0.577.